The third-order valence-electron chi connectivity index (χ3n) is 6.84. The van der Waals surface area contributed by atoms with Crippen LogP contribution in [0.1, 0.15) is 77.1 Å². The number of rotatable bonds is 12. The van der Waals surface area contributed by atoms with Gasteiger partial charge in [-0.2, -0.15) is 0 Å². The summed E-state index contributed by atoms with van der Waals surface area (Å²) in [6, 6.07) is 12.1. The van der Waals surface area contributed by atoms with Crippen LogP contribution in [-0.2, 0) is 9.59 Å². The number of aliphatic hydroxyl groups is 1. The molecule has 1 unspecified atom stereocenters. The van der Waals surface area contributed by atoms with Gasteiger partial charge in [-0.3, -0.25) is 9.59 Å². The number of carbonyl (C=O) groups is 2. The normalized spacial score (nSPS) is 17.2. The summed E-state index contributed by atoms with van der Waals surface area (Å²) in [5, 5.41) is 11.6. The average molecular weight is 523 g/mol. The summed E-state index contributed by atoms with van der Waals surface area (Å²) < 4.78 is 11.7. The first-order valence-corrected chi connectivity index (χ1v) is 13.7. The zero-order valence-electron chi connectivity index (χ0n) is 23.8. The molecule has 1 amide bonds. The highest BCUT2D eigenvalue weighted by Gasteiger charge is 2.46. The molecule has 0 spiro atoms. The van der Waals surface area contributed by atoms with Crippen molar-refractivity contribution in [1.82, 2.24) is 9.80 Å². The van der Waals surface area contributed by atoms with E-state index in [1.165, 1.54) is 0 Å². The number of hydrogen-bond donors (Lipinski definition) is 1. The molecule has 2 aromatic carbocycles. The minimum absolute atomic E-state index is 0.0300. The monoisotopic (exact) mass is 522 g/mol. The summed E-state index contributed by atoms with van der Waals surface area (Å²) in [5.41, 5.74) is 2.22. The van der Waals surface area contributed by atoms with Crippen molar-refractivity contribution in [3.8, 4) is 11.5 Å². The van der Waals surface area contributed by atoms with Crippen molar-refractivity contribution >= 4 is 17.4 Å². The zero-order chi connectivity index (χ0) is 28.0. The van der Waals surface area contributed by atoms with Crippen LogP contribution in [0.25, 0.3) is 5.76 Å². The number of Topliss-reactive ketones (excluding diaryl/α,β-unsaturated/α-hetero) is 1. The molecular formula is C31H42N2O5. The Morgan fingerprint density at radius 1 is 1.03 bits per heavy atom. The number of ether oxygens (including phenoxy) is 2. The van der Waals surface area contributed by atoms with Crippen molar-refractivity contribution in [2.45, 2.75) is 66.5 Å². The van der Waals surface area contributed by atoms with Gasteiger partial charge in [0, 0.05) is 18.7 Å². The van der Waals surface area contributed by atoms with Crippen molar-refractivity contribution < 1.29 is 24.2 Å². The first kappa shape index (κ1) is 29.2. The largest absolute Gasteiger partial charge is 0.507 e. The Balaban J connectivity index is 2.16. The fraction of sp³-hybridized carbons (Fsp3) is 0.484. The topological polar surface area (TPSA) is 79.3 Å². The number of ketones is 1. The minimum Gasteiger partial charge on any atom is -0.507 e. The van der Waals surface area contributed by atoms with Crippen molar-refractivity contribution in [2.24, 2.45) is 0 Å². The van der Waals surface area contributed by atoms with Crippen LogP contribution in [0.4, 0.5) is 0 Å². The molecule has 1 atom stereocenters. The number of carbonyl (C=O) groups excluding carboxylic acids is 2. The summed E-state index contributed by atoms with van der Waals surface area (Å²) >= 11 is 0. The van der Waals surface area contributed by atoms with Crippen LogP contribution in [0.5, 0.6) is 11.5 Å². The second-order valence-electron chi connectivity index (χ2n) is 10.1. The summed E-state index contributed by atoms with van der Waals surface area (Å²) in [5.74, 6) is 0.0696. The molecule has 2 aromatic rings. The van der Waals surface area contributed by atoms with Gasteiger partial charge in [0.15, 0.2) is 0 Å². The first-order chi connectivity index (χ1) is 18.1. The summed E-state index contributed by atoms with van der Waals surface area (Å²) in [4.78, 5) is 30.6. The van der Waals surface area contributed by atoms with E-state index >= 15 is 0 Å². The maximum absolute atomic E-state index is 13.5. The van der Waals surface area contributed by atoms with E-state index in [4.69, 9.17) is 9.47 Å². The zero-order valence-corrected chi connectivity index (χ0v) is 23.8. The molecule has 1 heterocycles. The fourth-order valence-electron chi connectivity index (χ4n) is 4.87. The Hall–Kier alpha value is -3.32. The molecule has 7 heteroatoms. The lowest BCUT2D eigenvalue weighted by molar-refractivity contribution is -0.140. The molecule has 38 heavy (non-hydrogen) atoms. The average Bonchev–Trinajstić information content (AvgIpc) is 3.14. The predicted octanol–water partition coefficient (Wildman–Crippen LogP) is 5.76. The minimum atomic E-state index is -0.727. The van der Waals surface area contributed by atoms with Gasteiger partial charge in [0.2, 0.25) is 0 Å². The van der Waals surface area contributed by atoms with Crippen LogP contribution < -0.4 is 9.47 Å². The van der Waals surface area contributed by atoms with Gasteiger partial charge in [-0.1, -0.05) is 39.8 Å². The van der Waals surface area contributed by atoms with Crippen LogP contribution in [0.2, 0.25) is 0 Å². The van der Waals surface area contributed by atoms with E-state index in [-0.39, 0.29) is 23.4 Å². The smallest absolute Gasteiger partial charge is 0.295 e. The molecule has 1 aliphatic rings. The summed E-state index contributed by atoms with van der Waals surface area (Å²) in [7, 11) is 0. The van der Waals surface area contributed by atoms with Gasteiger partial charge in [-0.05, 0) is 81.2 Å². The van der Waals surface area contributed by atoms with Gasteiger partial charge in [0.25, 0.3) is 11.7 Å². The van der Waals surface area contributed by atoms with E-state index < -0.39 is 17.7 Å². The van der Waals surface area contributed by atoms with Crippen LogP contribution in [0.15, 0.2) is 48.0 Å². The van der Waals surface area contributed by atoms with Gasteiger partial charge in [0.05, 0.1) is 24.3 Å². The van der Waals surface area contributed by atoms with Crippen molar-refractivity contribution in [3.63, 3.8) is 0 Å². The van der Waals surface area contributed by atoms with Gasteiger partial charge in [0.1, 0.15) is 17.3 Å². The van der Waals surface area contributed by atoms with Crippen molar-refractivity contribution in [3.05, 3.63) is 64.7 Å². The number of aliphatic hydroxyl groups excluding tert-OH is 1. The maximum Gasteiger partial charge on any atom is 0.295 e. The Labute approximate surface area is 227 Å². The van der Waals surface area contributed by atoms with Crippen molar-refractivity contribution in [1.29, 1.82) is 0 Å². The van der Waals surface area contributed by atoms with E-state index in [9.17, 15) is 14.7 Å². The second-order valence-corrected chi connectivity index (χ2v) is 10.1. The van der Waals surface area contributed by atoms with Crippen LogP contribution in [0.3, 0.4) is 0 Å². The highest BCUT2D eigenvalue weighted by atomic mass is 16.5. The lowest BCUT2D eigenvalue weighted by Crippen LogP contribution is -2.38. The molecule has 0 aliphatic carbocycles. The SMILES string of the molecule is CCOc1ccc(/C(O)=C2\C(=O)C(=O)N(CCN(CC)CC)C2c2cccc(OC(C)C)c2)cc1C(C)C. The number of amides is 1. The van der Waals surface area contributed by atoms with Crippen LogP contribution in [0, 0.1) is 0 Å². The lowest BCUT2D eigenvalue weighted by atomic mass is 9.93. The molecular weight excluding hydrogens is 480 g/mol. The molecule has 1 saturated heterocycles. The maximum atomic E-state index is 13.5. The molecule has 7 nitrogen and oxygen atoms in total. The molecule has 1 aliphatic heterocycles. The van der Waals surface area contributed by atoms with Crippen LogP contribution >= 0.6 is 0 Å². The molecule has 1 N–H and O–H groups in total. The quantitative estimate of drug-likeness (QED) is 0.217. The molecule has 0 aromatic heterocycles. The summed E-state index contributed by atoms with van der Waals surface area (Å²) in [6.07, 6.45) is -0.0300. The molecule has 206 valence electrons. The Morgan fingerprint density at radius 3 is 2.34 bits per heavy atom. The highest BCUT2D eigenvalue weighted by Crippen LogP contribution is 2.41. The molecule has 0 saturated carbocycles. The third kappa shape index (κ3) is 6.38. The van der Waals surface area contributed by atoms with Gasteiger partial charge < -0.3 is 24.4 Å². The Bertz CT molecular complexity index is 1170. The third-order valence-corrected chi connectivity index (χ3v) is 6.84. The number of nitrogens with zero attached hydrogens (tertiary/aromatic N) is 2. The fourth-order valence-corrected chi connectivity index (χ4v) is 4.87. The van der Waals surface area contributed by atoms with E-state index in [0.717, 1.165) is 30.0 Å². The number of benzene rings is 2. The molecule has 0 radical (unpaired) electrons. The van der Waals surface area contributed by atoms with E-state index in [2.05, 4.69) is 18.7 Å². The predicted molar refractivity (Wildman–Crippen MR) is 151 cm³/mol. The van der Waals surface area contributed by atoms with Gasteiger partial charge >= 0.3 is 0 Å². The Kier molecular flexibility index (Phi) is 9.97. The number of likely N-dealkylation sites (tertiary alicyclic amines) is 1. The number of likely N-dealkylation sites (N-methyl/N-ethyl adjacent to an activating group) is 1. The molecule has 3 rings (SSSR count). The second kappa shape index (κ2) is 13.0. The Morgan fingerprint density at radius 2 is 1.74 bits per heavy atom. The molecule has 1 fully saturated rings. The van der Waals surface area contributed by atoms with Gasteiger partial charge in [-0.25, -0.2) is 0 Å². The van der Waals surface area contributed by atoms with E-state index in [0.29, 0.717) is 31.0 Å². The van der Waals surface area contributed by atoms with Crippen LogP contribution in [-0.4, -0.2) is 65.5 Å². The number of hydrogen-bond acceptors (Lipinski definition) is 6. The molecule has 0 bridgehead atoms. The van der Waals surface area contributed by atoms with Gasteiger partial charge in [-0.15, -0.1) is 0 Å². The lowest BCUT2D eigenvalue weighted by Gasteiger charge is -2.28. The standard InChI is InChI=1S/C31H42N2O5/c1-8-32(9-2)16-17-33-28(22-12-11-13-24(18-22)38-21(6)7)27(30(35)31(33)36)29(34)23-14-15-26(37-10-3)25(19-23)20(4)5/h11-15,18-21,28,34H,8-10,16-17H2,1-7H3/b29-27+. The first-order valence-electron chi connectivity index (χ1n) is 13.7. The van der Waals surface area contributed by atoms with Crippen molar-refractivity contribution in [2.75, 3.05) is 32.8 Å². The van der Waals surface area contributed by atoms with E-state index in [1.807, 2.05) is 71.0 Å². The van der Waals surface area contributed by atoms with E-state index in [1.54, 1.807) is 11.0 Å². The summed E-state index contributed by atoms with van der Waals surface area (Å²) in [6.45, 7) is 17.2. The highest BCUT2D eigenvalue weighted by molar-refractivity contribution is 6.46.